The van der Waals surface area contributed by atoms with E-state index < -0.39 is 60.4 Å². The van der Waals surface area contributed by atoms with Gasteiger partial charge in [0.1, 0.15) is 0 Å². The van der Waals surface area contributed by atoms with Gasteiger partial charge in [-0.3, -0.25) is 0 Å². The van der Waals surface area contributed by atoms with Gasteiger partial charge in [-0.15, -0.1) is 22.7 Å². The van der Waals surface area contributed by atoms with Crippen LogP contribution >= 0.6 is 22.7 Å². The van der Waals surface area contributed by atoms with E-state index in [2.05, 4.69) is 0 Å². The van der Waals surface area contributed by atoms with E-state index in [-0.39, 0.29) is 93.1 Å². The number of thiophene rings is 2. The van der Waals surface area contributed by atoms with Gasteiger partial charge in [-0.25, -0.2) is 15.0 Å². The molecule has 0 atom stereocenters. The van der Waals surface area contributed by atoms with Crippen molar-refractivity contribution in [1.82, 2.24) is 15.0 Å². The van der Waals surface area contributed by atoms with Crippen molar-refractivity contribution in [3.63, 3.8) is 0 Å². The van der Waals surface area contributed by atoms with Crippen molar-refractivity contribution in [1.29, 1.82) is 0 Å². The number of fused-ring (bicyclic) bond motifs is 6. The maximum absolute atomic E-state index is 9.57. The monoisotopic (exact) mass is 687 g/mol. The number of rotatable bonds is 5. The Hall–Kier alpha value is -6.01. The summed E-state index contributed by atoms with van der Waals surface area (Å²) < 4.78 is 124. The largest absolute Gasteiger partial charge is 0.208 e. The third kappa shape index (κ3) is 4.98. The van der Waals surface area contributed by atoms with Gasteiger partial charge in [0.2, 0.25) is 0 Å². The van der Waals surface area contributed by atoms with Crippen LogP contribution in [0.3, 0.4) is 0 Å². The van der Waals surface area contributed by atoms with E-state index in [4.69, 9.17) is 30.0 Å². The van der Waals surface area contributed by atoms with Crippen LogP contribution in [0.4, 0.5) is 0 Å². The Morgan fingerprint density at radius 1 is 0.400 bits per heavy atom. The average molecular weight is 688 g/mol. The second-order valence-electron chi connectivity index (χ2n) is 11.4. The molecule has 0 radical (unpaired) electrons. The molecule has 50 heavy (non-hydrogen) atoms. The molecule has 7 aromatic carbocycles. The van der Waals surface area contributed by atoms with Crippen molar-refractivity contribution >= 4 is 63.0 Å². The van der Waals surface area contributed by atoms with E-state index in [1.54, 1.807) is 12.1 Å². The minimum absolute atomic E-state index is 0.00265. The van der Waals surface area contributed by atoms with Crippen molar-refractivity contribution in [2.75, 3.05) is 0 Å². The molecule has 234 valence electrons. The van der Waals surface area contributed by atoms with Gasteiger partial charge in [0, 0.05) is 57.0 Å². The van der Waals surface area contributed by atoms with E-state index in [9.17, 15) is 4.11 Å². The van der Waals surface area contributed by atoms with Crippen molar-refractivity contribution in [3.8, 4) is 56.4 Å². The molecule has 3 heterocycles. The van der Waals surface area contributed by atoms with Gasteiger partial charge in [-0.2, -0.15) is 0 Å². The lowest BCUT2D eigenvalue weighted by Gasteiger charge is -2.11. The second kappa shape index (κ2) is 11.8. The topological polar surface area (TPSA) is 38.7 Å². The zero-order chi connectivity index (χ0) is 45.2. The normalized spacial score (nSPS) is 15.5. The van der Waals surface area contributed by atoms with E-state index in [0.717, 1.165) is 44.9 Å². The number of benzene rings is 7. The van der Waals surface area contributed by atoms with Crippen molar-refractivity contribution in [2.24, 2.45) is 0 Å². The Morgan fingerprint density at radius 3 is 1.80 bits per heavy atom. The van der Waals surface area contributed by atoms with Crippen LogP contribution in [-0.2, 0) is 0 Å². The number of hydrogen-bond acceptors (Lipinski definition) is 5. The van der Waals surface area contributed by atoms with Crippen molar-refractivity contribution in [2.45, 2.75) is 0 Å². The van der Waals surface area contributed by atoms with Gasteiger partial charge in [-0.05, 0) is 64.6 Å². The molecule has 0 saturated carbocycles. The molecule has 0 saturated heterocycles. The summed E-state index contributed by atoms with van der Waals surface area (Å²) >= 11 is 1.76. The van der Waals surface area contributed by atoms with Gasteiger partial charge >= 0.3 is 0 Å². The highest BCUT2D eigenvalue weighted by molar-refractivity contribution is 7.26. The summed E-state index contributed by atoms with van der Waals surface area (Å²) in [7, 11) is 0. The summed E-state index contributed by atoms with van der Waals surface area (Å²) in [6.45, 7) is 0. The molecular formula is C45H27N3S2. The molecule has 0 amide bonds. The molecule has 0 aliphatic carbocycles. The first-order chi connectivity index (χ1) is 30.6. The Morgan fingerprint density at radius 2 is 0.980 bits per heavy atom. The van der Waals surface area contributed by atoms with Gasteiger partial charge in [0.15, 0.2) is 17.5 Å². The molecule has 0 unspecified atom stereocenters. The molecule has 0 aliphatic heterocycles. The number of aromatic nitrogens is 3. The molecule has 3 aromatic heterocycles. The summed E-state index contributed by atoms with van der Waals surface area (Å²) in [6.07, 6.45) is 0. The molecular weight excluding hydrogens is 647 g/mol. The molecule has 0 fully saturated rings. The van der Waals surface area contributed by atoms with Crippen LogP contribution in [0, 0.1) is 0 Å². The third-order valence-corrected chi connectivity index (χ3v) is 10.4. The summed E-state index contributed by atoms with van der Waals surface area (Å²) in [5.41, 5.74) is 3.70. The maximum Gasteiger partial charge on any atom is 0.164 e. The molecule has 3 nitrogen and oxygen atoms in total. The van der Waals surface area contributed by atoms with E-state index in [0.29, 0.717) is 5.56 Å². The highest BCUT2D eigenvalue weighted by Gasteiger charge is 2.18. The van der Waals surface area contributed by atoms with Gasteiger partial charge < -0.3 is 0 Å². The maximum atomic E-state index is 9.57. The molecule has 5 heteroatoms. The zero-order valence-corrected chi connectivity index (χ0v) is 27.3. The summed E-state index contributed by atoms with van der Waals surface area (Å²) in [4.78, 5) is 14.4. The van der Waals surface area contributed by atoms with Crippen LogP contribution in [0.1, 0.15) is 19.2 Å². The molecule has 0 aliphatic rings. The van der Waals surface area contributed by atoms with E-state index in [1.165, 1.54) is 0 Å². The van der Waals surface area contributed by atoms with Crippen LogP contribution in [0.25, 0.3) is 96.8 Å². The predicted molar refractivity (Wildman–Crippen MR) is 213 cm³/mol. The zero-order valence-electron chi connectivity index (χ0n) is 39.7. The first-order valence-electron chi connectivity index (χ1n) is 22.5. The highest BCUT2D eigenvalue weighted by Crippen LogP contribution is 2.41. The predicted octanol–water partition coefficient (Wildman–Crippen LogP) is 12.9. The lowest BCUT2D eigenvalue weighted by Crippen LogP contribution is -2.00. The van der Waals surface area contributed by atoms with Crippen LogP contribution < -0.4 is 0 Å². The first-order valence-corrected chi connectivity index (χ1v) is 17.1. The quantitative estimate of drug-likeness (QED) is 0.181. The van der Waals surface area contributed by atoms with E-state index >= 15 is 0 Å². The van der Waals surface area contributed by atoms with Gasteiger partial charge in [0.05, 0.1) is 19.2 Å². The molecule has 0 spiro atoms. The van der Waals surface area contributed by atoms with Crippen molar-refractivity contribution < 1.29 is 19.2 Å². The molecule has 10 aromatic rings. The van der Waals surface area contributed by atoms with Crippen LogP contribution in [0.15, 0.2) is 163 Å². The van der Waals surface area contributed by atoms with Gasteiger partial charge in [-0.1, -0.05) is 121 Å². The highest BCUT2D eigenvalue weighted by atomic mass is 32.1. The fraction of sp³-hybridized carbons (Fsp3) is 0. The summed E-state index contributed by atoms with van der Waals surface area (Å²) in [5.74, 6) is -0.588. The number of nitrogens with zero attached hydrogens (tertiary/aromatic N) is 3. The minimum atomic E-state index is -0.545. The fourth-order valence-electron chi connectivity index (χ4n) is 5.99. The van der Waals surface area contributed by atoms with Crippen LogP contribution in [0.2, 0.25) is 0 Å². The lowest BCUT2D eigenvalue weighted by atomic mass is 9.99. The lowest BCUT2D eigenvalue weighted by molar-refractivity contribution is 1.08. The van der Waals surface area contributed by atoms with Crippen molar-refractivity contribution in [3.05, 3.63) is 163 Å². The SMILES string of the molecule is [2H]c1c([2H])c([2H])c2c(sc3c([2H])c([2H])c(-c4nc(-c5cccc(-c6ccc(-c7ccccc7)cc6)c5)nc(-c5c([2H])c([2H])c([2H])c6sc7c([2H])c([2H])c([2H])c([2H])c7c56)n4)c([2H])c32)c1[2H]. The second-order valence-corrected chi connectivity index (χ2v) is 13.4. The number of hydrogen-bond donors (Lipinski definition) is 0. The standard InChI is InChI=1S/C45H27N3S2/c1-2-10-28(11-3-1)29-20-22-30(23-21-29)31-12-8-13-32(26-31)43-46-44(33-24-25-40-37(27-33)34-14-4-6-17-38(34)49-40)48-45(47-43)36-16-9-19-41-42(36)35-15-5-7-18-39(35)50-41/h1-27H/i4D,5D,6D,7D,9D,14D,15D,16D,17D,18D,19D,24D,25D,27D. The average Bonchev–Trinajstić information content (AvgIpc) is 3.92. The smallest absolute Gasteiger partial charge is 0.164 e. The molecule has 0 N–H and O–H groups in total. The van der Waals surface area contributed by atoms with Crippen LogP contribution in [0.5, 0.6) is 0 Å². The molecule has 0 bridgehead atoms. The molecule has 10 rings (SSSR count). The summed E-state index contributed by atoms with van der Waals surface area (Å²) in [6, 6.07) is 18.8. The first kappa shape index (κ1) is 18.1. The minimum Gasteiger partial charge on any atom is -0.208 e. The summed E-state index contributed by atoms with van der Waals surface area (Å²) in [5, 5.41) is 0.0542. The fourth-order valence-corrected chi connectivity index (χ4v) is 7.88. The van der Waals surface area contributed by atoms with Crippen LogP contribution in [-0.4, -0.2) is 15.0 Å². The van der Waals surface area contributed by atoms with E-state index in [1.807, 2.05) is 66.7 Å². The third-order valence-electron chi connectivity index (χ3n) is 8.36. The Labute approximate surface area is 316 Å². The Balaban J connectivity index is 1.28. The Kier molecular flexibility index (Phi) is 4.29. The Bertz CT molecular complexity index is 3670. The van der Waals surface area contributed by atoms with Gasteiger partial charge in [0.25, 0.3) is 0 Å².